The molecule has 4 N–H and O–H groups in total. The molecule has 4 heterocycles. The molecule has 0 aromatic heterocycles. The van der Waals surface area contributed by atoms with Crippen LogP contribution in [0.5, 0.6) is 0 Å². The molecule has 31 atom stereocenters. The van der Waals surface area contributed by atoms with E-state index in [2.05, 4.69) is 25.2 Å². The van der Waals surface area contributed by atoms with Crippen molar-refractivity contribution in [3.8, 4) is 0 Å². The average Bonchev–Trinajstić information content (AvgIpc) is 0.643. The van der Waals surface area contributed by atoms with Gasteiger partial charge in [-0.25, -0.2) is 0 Å². The Hall–Kier alpha value is -6.48. The molecule has 4 fully saturated rings. The number of cyclic esters (lactones) is 4. The van der Waals surface area contributed by atoms with Gasteiger partial charge in [0, 0.05) is 153 Å². The Morgan fingerprint density at radius 3 is 1.29 bits per heavy atom. The first-order chi connectivity index (χ1) is 92.1. The zero-order valence-electron chi connectivity index (χ0n) is 155. The molecule has 8 aliphatic carbocycles. The highest BCUT2D eigenvalue weighted by Crippen LogP contribution is 2.51. The van der Waals surface area contributed by atoms with E-state index in [0.29, 0.717) is 6.92 Å². The summed E-state index contributed by atoms with van der Waals surface area (Å²) in [4.78, 5) is 105. The van der Waals surface area contributed by atoms with E-state index in [4.69, 9.17) is 154 Å². The third-order valence-electron chi connectivity index (χ3n) is 19.3. The van der Waals surface area contributed by atoms with Crippen LogP contribution in [0.2, 0.25) is 0 Å². The summed E-state index contributed by atoms with van der Waals surface area (Å²) in [5.41, 5.74) is -9.57. The van der Waals surface area contributed by atoms with Crippen molar-refractivity contribution in [2.24, 2.45) is 118 Å². The molecule has 0 saturated carbocycles. The maximum Gasteiger partial charge on any atom is 0.311 e. The summed E-state index contributed by atoms with van der Waals surface area (Å²) < 4.78 is 802. The normalized spacial score (nSPS) is 62.3. The second-order valence-corrected chi connectivity index (χ2v) is 27.3. The average molecular weight is 1720 g/mol. The maximum atomic E-state index is 14.6. The Labute approximate surface area is 828 Å². The zero-order chi connectivity index (χ0) is 165. The van der Waals surface area contributed by atoms with Crippen molar-refractivity contribution >= 4 is 47.8 Å². The first-order valence-corrected chi connectivity index (χ1v) is 35.9. The standard InChI is InChI=1S/C25H38O5.3C24H36O5/c1-6-25(4,5)24(28)30-21-12-15(2)11-17-8-7-16(3)20(23(17)21)10-9-19-13-18(26)14-22(27)29-19;3*1-5-15(3)24(27)29-21-11-14(2)10-17-7-6-16(4)20(23(17)21)9-8-19-12-18(25)13-22(26)28-19/h7-8,11,15-16,18-21,23,26H,6,9-10,12-14H2,1-5H3;3*6-7,10,14-16,18-21,23,25H,5,8-9,11-13H2,1-4H3/t15-,16-,18+,19?,20-,21?,23-;3*14-,15-,16-,18+,19?,20-,21?,23-/m0000/s1/i1D3,2D3,3D3,4D3,5D3,6D2,7D,8D,9D2,10D2,11D,12D2,13D2,14D2,15D,16D,23D,26D;1D3,2D3,3D3,5D2,6D,7D,10D,11D2,13D2,14D,15D,16D,25D;1D3,2D3,5D2,6D,7D,10D,11D2,13D2,14D,15D,16D,25D;2D3,3D3,6D,7D,10D,11D2,13D2,14D,15D,16D,25D. The molecule has 4 saturated heterocycles. The molecule has 20 heteroatoms. The minimum atomic E-state index is -5.17. The quantitative estimate of drug-likeness (QED) is 0.0418. The second-order valence-electron chi connectivity index (χ2n) is 27.3. The lowest BCUT2D eigenvalue weighted by Crippen LogP contribution is -2.43. The number of aliphatic hydroxyl groups excluding tert-OH is 4. The number of allylic oxidation sites excluding steroid dienone is 12. The van der Waals surface area contributed by atoms with E-state index in [9.17, 15) is 43.8 Å². The first kappa shape index (κ1) is 29.9. The number of aliphatic hydroxyl groups is 4. The van der Waals surface area contributed by atoms with Gasteiger partial charge in [0.25, 0.3) is 0 Å². The first-order valence-electron chi connectivity index (χ1n) is 81.5. The molecule has 0 aromatic carbocycles. The summed E-state index contributed by atoms with van der Waals surface area (Å²) in [5, 5.41) is 17.1. The van der Waals surface area contributed by atoms with E-state index in [-0.39, 0.29) is 44.9 Å². The number of fused-ring (bicyclic) bond motifs is 4. The SMILES string of the molecule is [2H]O[C@@H]1CC(CC[C@@H]2[C@@H]3C(=C([2H])[C@]([2H])(C([2H])([2H])[2H])C([2H])([2H])C3OC(=O)[C@@]([2H])(C([2H])([2H])[2H])C([2H])([2H])C([2H])([2H])[2H])C([2H])=C([2H])[C@]2([2H])C)OC(=O)C1([2H])[2H].[2H]O[C@@H]1CC(CC[C@@H]2[C@@H]3C(=C([2H])[C@]([2H])(C([2H])([2H])[2H])C([2H])([2H])C3OC(=O)[C@@]([2H])(C)C([2H])([2H])C([2H])([2H])[2H])C([2H])=C([2H])[C@]2([2H])C)OC(=O)C1([2H])[2H].[2H]O[C@@H]1CC(CC[C@@H]2[C@@H]3C(=C([2H])[C@]([2H])(C([2H])([2H])[2H])C([2H])([2H])C3OC(=O)[C@]([2H])(CC)C([2H])([2H])[2H])C([2H])=C([2H])[C@]2([2H])C)OC(=O)C1([2H])[2H].[2H]O[C@H]1C([2H])([2H])C(=O)OC(C([2H])([2H])C([2H])([2H])[C@H]2[C@@]([2H])(C([2H])([2H])[2H])C([2H])=C([2H])C3=C([2H])[C@]([2H])(C([2H])([2H])[2H])C([2H])([2H])C(OC(=O)C(C([2H])([2H])[2H])(C([2H])([2H])[2H])C([2H])([2H])C([2H])([2H])[2H])[C@@]32[2H])C1([2H])[2H]. The number of hydrogen-bond acceptors (Lipinski definition) is 20. The highest BCUT2D eigenvalue weighted by atomic mass is 16.6. The molecule has 8 unspecified atom stereocenters. The third-order valence-corrected chi connectivity index (χ3v) is 19.3. The summed E-state index contributed by atoms with van der Waals surface area (Å²) in [6, 6.07) is -15.6. The summed E-state index contributed by atoms with van der Waals surface area (Å²) in [6.07, 6.45) is -85.0. The van der Waals surface area contributed by atoms with Gasteiger partial charge >= 0.3 is 47.8 Å². The number of ether oxygens (including phenoxy) is 8. The molecule has 20 nitrogen and oxygen atoms in total. The van der Waals surface area contributed by atoms with Gasteiger partial charge in [-0.05, 0) is 209 Å². The van der Waals surface area contributed by atoms with Crippen molar-refractivity contribution in [1.82, 2.24) is 0 Å². The molecule has 12 rings (SSSR count). The molecular weight excluding hydrogens is 1490 g/mol. The van der Waals surface area contributed by atoms with Gasteiger partial charge in [-0.2, -0.15) is 0 Å². The van der Waals surface area contributed by atoms with Crippen molar-refractivity contribution < 1.29 is 217 Å². The Morgan fingerprint density at radius 1 is 0.496 bits per heavy atom. The molecule has 0 bridgehead atoms. The van der Waals surface area contributed by atoms with Crippen molar-refractivity contribution in [3.05, 3.63) is 94.9 Å². The molecule has 0 aromatic rings. The predicted octanol–water partition coefficient (Wildman–Crippen LogP) is 17.2. The number of esters is 8. The minimum absolute atomic E-state index is 0.236. The van der Waals surface area contributed by atoms with E-state index in [1.54, 1.807) is 0 Å². The van der Waals surface area contributed by atoms with Gasteiger partial charge in [-0.15, -0.1) is 0 Å². The summed E-state index contributed by atoms with van der Waals surface area (Å²) >= 11 is 0. The molecule has 0 spiro atoms. The van der Waals surface area contributed by atoms with Crippen LogP contribution < -0.4 is 0 Å². The number of carbonyl (C=O) groups excluding carboxylic acids is 8. The van der Waals surface area contributed by atoms with Gasteiger partial charge in [0.2, 0.25) is 5.72 Å². The van der Waals surface area contributed by atoms with Gasteiger partial charge < -0.3 is 58.3 Å². The van der Waals surface area contributed by atoms with Crippen LogP contribution in [0.3, 0.4) is 0 Å². The van der Waals surface area contributed by atoms with Gasteiger partial charge in [0.05, 0.1) is 89.5 Å². The van der Waals surface area contributed by atoms with Crippen molar-refractivity contribution in [1.29, 1.82) is 5.72 Å². The largest absolute Gasteiger partial charge is 0.462 e. The zero-order valence-corrected chi connectivity index (χ0v) is 62.7. The van der Waals surface area contributed by atoms with Crippen LogP contribution in [-0.4, -0.2) is 147 Å². The highest BCUT2D eigenvalue weighted by Gasteiger charge is 2.48. The molecule has 4 aliphatic heterocycles. The fraction of sp³-hybridized carbons (Fsp3) is 0.753. The lowest BCUT2D eigenvalue weighted by Gasteiger charge is -2.44. The second kappa shape index (κ2) is 43.3. The fourth-order valence-corrected chi connectivity index (χ4v) is 13.5. The fourth-order valence-electron chi connectivity index (χ4n) is 13.5. The van der Waals surface area contributed by atoms with Crippen LogP contribution in [-0.2, 0) is 76.3 Å². The van der Waals surface area contributed by atoms with Crippen LogP contribution in [0.15, 0.2) is 94.9 Å². The van der Waals surface area contributed by atoms with Crippen molar-refractivity contribution in [2.75, 3.05) is 0 Å². The predicted molar refractivity (Wildman–Crippen MR) is 448 cm³/mol. The summed E-state index contributed by atoms with van der Waals surface area (Å²) in [6.45, 7) is -44.2. The smallest absolute Gasteiger partial charge is 0.311 e. The van der Waals surface area contributed by atoms with E-state index in [1.807, 2.05) is 0 Å². The molecule has 0 radical (unpaired) electrons. The third kappa shape index (κ3) is 26.0. The van der Waals surface area contributed by atoms with E-state index >= 15 is 0 Å². The topological polar surface area (TPSA) is 291 Å². The van der Waals surface area contributed by atoms with Gasteiger partial charge in [-0.1, -0.05) is 176 Å². The molecule has 654 valence electrons. The van der Waals surface area contributed by atoms with Gasteiger partial charge in [0.1, 0.15) is 48.8 Å². The molecule has 0 amide bonds. The van der Waals surface area contributed by atoms with E-state index in [1.165, 1.54) is 13.8 Å². The van der Waals surface area contributed by atoms with Crippen molar-refractivity contribution in [3.63, 3.8) is 0 Å². The van der Waals surface area contributed by atoms with Gasteiger partial charge in [0.15, 0.2) is 0 Å². The van der Waals surface area contributed by atoms with Crippen LogP contribution in [0.1, 0.15) is 391 Å². The molecular formula is C97H146O20. The minimum Gasteiger partial charge on any atom is -0.462 e. The Balaban J connectivity index is 0.000000303. The summed E-state index contributed by atoms with van der Waals surface area (Å²) in [7, 11) is 0. The van der Waals surface area contributed by atoms with Crippen LogP contribution in [0, 0.1) is 118 Å². The van der Waals surface area contributed by atoms with Crippen LogP contribution >= 0.6 is 0 Å². The molecule has 12 aliphatic rings. The highest BCUT2D eigenvalue weighted by molar-refractivity contribution is 5.76. The monoisotopic (exact) mass is 1720 g/mol. The Kier molecular flexibility index (Phi) is 11.1. The Bertz CT molecular complexity index is 7900. The number of rotatable bonds is 28. The maximum absolute atomic E-state index is 14.6. The Morgan fingerprint density at radius 2 is 0.889 bits per heavy atom. The molecule has 117 heavy (non-hydrogen) atoms. The van der Waals surface area contributed by atoms with Crippen LogP contribution in [0.25, 0.3) is 0 Å². The number of carbonyl (C=O) groups is 8. The lowest BCUT2D eigenvalue weighted by atomic mass is 9.65. The van der Waals surface area contributed by atoms with Gasteiger partial charge in [-0.3, -0.25) is 38.4 Å². The van der Waals surface area contributed by atoms with Crippen molar-refractivity contribution in [2.45, 2.75) is 344 Å². The lowest BCUT2D eigenvalue weighted by molar-refractivity contribution is -0.166. The van der Waals surface area contributed by atoms with E-state index < -0.39 is 524 Å². The van der Waals surface area contributed by atoms with E-state index in [0.717, 1.165) is 13.8 Å². The number of hydrogen-bond donors (Lipinski definition) is 4. The summed E-state index contributed by atoms with van der Waals surface area (Å²) in [5.74, 6) is -72.6. The van der Waals surface area contributed by atoms with Crippen LogP contribution in [0.4, 0.5) is 0 Å².